The van der Waals surface area contributed by atoms with Crippen LogP contribution in [0.5, 0.6) is 5.75 Å². The van der Waals surface area contributed by atoms with E-state index in [4.69, 9.17) is 4.74 Å². The van der Waals surface area contributed by atoms with Crippen molar-refractivity contribution in [3.8, 4) is 5.75 Å². The molecule has 0 aliphatic carbocycles. The van der Waals surface area contributed by atoms with Crippen molar-refractivity contribution in [3.05, 3.63) is 83.8 Å². The second-order valence-electron chi connectivity index (χ2n) is 7.92. The number of carbonyl (C=O) groups excluding carboxylic acids is 1. The van der Waals surface area contributed by atoms with E-state index in [2.05, 4.69) is 9.97 Å². The van der Waals surface area contributed by atoms with E-state index in [1.807, 2.05) is 19.1 Å². The number of nitrogens with zero attached hydrogens (tertiary/aromatic N) is 4. The van der Waals surface area contributed by atoms with E-state index in [0.717, 1.165) is 11.1 Å². The van der Waals surface area contributed by atoms with Gasteiger partial charge in [0.1, 0.15) is 16.5 Å². The molecule has 0 bridgehead atoms. The molecule has 0 unspecified atom stereocenters. The predicted molar refractivity (Wildman–Crippen MR) is 130 cm³/mol. The third kappa shape index (κ3) is 4.51. The van der Waals surface area contributed by atoms with Crippen LogP contribution >= 0.6 is 0 Å². The fraction of sp³-hybridized carbons (Fsp3) is 0.240. The molecular weight excluding hydrogens is 452 g/mol. The molecule has 34 heavy (non-hydrogen) atoms. The Morgan fingerprint density at radius 3 is 2.50 bits per heavy atom. The Hall–Kier alpha value is -3.72. The summed E-state index contributed by atoms with van der Waals surface area (Å²) in [6, 6.07) is 13.8. The first-order chi connectivity index (χ1) is 16.3. The van der Waals surface area contributed by atoms with Crippen molar-refractivity contribution in [1.82, 2.24) is 9.97 Å². The van der Waals surface area contributed by atoms with Gasteiger partial charge in [0.15, 0.2) is 0 Å². The Morgan fingerprint density at radius 1 is 1.09 bits per heavy atom. The minimum absolute atomic E-state index is 0.0703. The normalized spacial score (nSPS) is 14.0. The van der Waals surface area contributed by atoms with Gasteiger partial charge in [-0.2, -0.15) is 0 Å². The second-order valence-corrected chi connectivity index (χ2v) is 9.78. The van der Waals surface area contributed by atoms with Crippen LogP contribution < -0.4 is 13.9 Å². The average Bonchev–Trinajstić information content (AvgIpc) is 3.13. The highest BCUT2D eigenvalue weighted by Gasteiger charge is 2.31. The molecular formula is C25H26N4O4S. The van der Waals surface area contributed by atoms with Gasteiger partial charge in [-0.25, -0.2) is 13.4 Å². The van der Waals surface area contributed by atoms with Gasteiger partial charge in [0.2, 0.25) is 0 Å². The summed E-state index contributed by atoms with van der Waals surface area (Å²) in [6.07, 6.45) is 5.07. The number of amides is 1. The van der Waals surface area contributed by atoms with Gasteiger partial charge in [-0.3, -0.25) is 19.0 Å². The first kappa shape index (κ1) is 23.4. The third-order valence-electron chi connectivity index (χ3n) is 5.72. The zero-order chi connectivity index (χ0) is 24.3. The number of methoxy groups -OCH3 is 1. The lowest BCUT2D eigenvalue weighted by Crippen LogP contribution is -2.31. The number of benzene rings is 1. The first-order valence-electron chi connectivity index (χ1n) is 10.9. The van der Waals surface area contributed by atoms with Crippen molar-refractivity contribution < 1.29 is 17.9 Å². The number of sulfonamides is 1. The standard InChI is InChI=1S/C25H26N4O4S/c1-4-29(20-8-6-5-7-9-20)34(31,32)22-10-11-24(27-16-22)28-17-18(2)23(25(28)30)13-19-12-21(33-3)15-26-14-19/h5-12,14-16H,4,13,17H2,1-3H3. The van der Waals surface area contributed by atoms with Crippen molar-refractivity contribution in [1.29, 1.82) is 0 Å². The van der Waals surface area contributed by atoms with Gasteiger partial charge in [-0.05, 0) is 55.3 Å². The molecule has 0 atom stereocenters. The van der Waals surface area contributed by atoms with E-state index in [-0.39, 0.29) is 17.3 Å². The summed E-state index contributed by atoms with van der Waals surface area (Å²) < 4.78 is 33.0. The fourth-order valence-electron chi connectivity index (χ4n) is 3.94. The maximum atomic E-state index is 13.2. The van der Waals surface area contributed by atoms with Gasteiger partial charge in [0.25, 0.3) is 15.9 Å². The van der Waals surface area contributed by atoms with Crippen LogP contribution in [0.25, 0.3) is 0 Å². The maximum Gasteiger partial charge on any atom is 0.265 e. The Balaban J connectivity index is 1.53. The number of hydrogen-bond acceptors (Lipinski definition) is 6. The maximum absolute atomic E-state index is 13.2. The minimum Gasteiger partial charge on any atom is -0.495 e. The third-order valence-corrected chi connectivity index (χ3v) is 7.60. The van der Waals surface area contributed by atoms with E-state index < -0.39 is 10.0 Å². The number of aromatic nitrogens is 2. The fourth-order valence-corrected chi connectivity index (χ4v) is 5.35. The number of pyridine rings is 2. The molecule has 1 aliphatic heterocycles. The quantitative estimate of drug-likeness (QED) is 0.491. The molecule has 1 aromatic carbocycles. The second kappa shape index (κ2) is 9.64. The van der Waals surface area contributed by atoms with Crippen LogP contribution in [-0.2, 0) is 21.2 Å². The molecule has 0 radical (unpaired) electrons. The minimum atomic E-state index is -3.79. The molecule has 1 amide bonds. The van der Waals surface area contributed by atoms with E-state index in [1.165, 1.54) is 16.6 Å². The summed E-state index contributed by atoms with van der Waals surface area (Å²) in [4.78, 5) is 23.3. The molecule has 4 rings (SSSR count). The Kier molecular flexibility index (Phi) is 6.65. The average molecular weight is 479 g/mol. The van der Waals surface area contributed by atoms with Gasteiger partial charge in [0, 0.05) is 37.5 Å². The molecule has 1 aliphatic rings. The molecule has 0 fully saturated rings. The largest absolute Gasteiger partial charge is 0.495 e. The first-order valence-corrected chi connectivity index (χ1v) is 12.3. The number of carbonyl (C=O) groups is 1. The molecule has 0 saturated carbocycles. The Bertz CT molecular complexity index is 1320. The number of ether oxygens (including phenoxy) is 1. The van der Waals surface area contributed by atoms with Crippen molar-refractivity contribution in [2.24, 2.45) is 0 Å². The monoisotopic (exact) mass is 478 g/mol. The van der Waals surface area contributed by atoms with Crippen LogP contribution in [0.4, 0.5) is 11.5 Å². The molecule has 0 saturated heterocycles. The summed E-state index contributed by atoms with van der Waals surface area (Å²) >= 11 is 0. The zero-order valence-electron chi connectivity index (χ0n) is 19.3. The molecule has 2 aromatic heterocycles. The van der Waals surface area contributed by atoms with E-state index in [9.17, 15) is 13.2 Å². The van der Waals surface area contributed by atoms with Crippen molar-refractivity contribution in [2.45, 2.75) is 25.2 Å². The summed E-state index contributed by atoms with van der Waals surface area (Å²) in [5, 5.41) is 0. The molecule has 0 N–H and O–H groups in total. The van der Waals surface area contributed by atoms with Crippen LogP contribution in [0.1, 0.15) is 19.4 Å². The van der Waals surface area contributed by atoms with E-state index in [1.54, 1.807) is 61.7 Å². The van der Waals surface area contributed by atoms with E-state index in [0.29, 0.717) is 35.8 Å². The lowest BCUT2D eigenvalue weighted by atomic mass is 10.0. The molecule has 0 spiro atoms. The molecule has 3 aromatic rings. The number of para-hydroxylation sites is 1. The number of hydrogen-bond donors (Lipinski definition) is 0. The van der Waals surface area contributed by atoms with Crippen LogP contribution in [0.3, 0.4) is 0 Å². The molecule has 176 valence electrons. The molecule has 8 nitrogen and oxygen atoms in total. The van der Waals surface area contributed by atoms with Gasteiger partial charge in [-0.15, -0.1) is 0 Å². The van der Waals surface area contributed by atoms with Gasteiger partial charge in [0.05, 0.1) is 19.0 Å². The summed E-state index contributed by atoms with van der Waals surface area (Å²) in [5.74, 6) is 0.890. The number of rotatable bonds is 8. The van der Waals surface area contributed by atoms with Crippen LogP contribution in [0.2, 0.25) is 0 Å². The van der Waals surface area contributed by atoms with Crippen molar-refractivity contribution in [3.63, 3.8) is 0 Å². The van der Waals surface area contributed by atoms with Gasteiger partial charge in [-0.1, -0.05) is 18.2 Å². The molecule has 9 heteroatoms. The smallest absolute Gasteiger partial charge is 0.265 e. The van der Waals surface area contributed by atoms with Gasteiger partial charge < -0.3 is 4.74 Å². The highest BCUT2D eigenvalue weighted by molar-refractivity contribution is 7.92. The zero-order valence-corrected chi connectivity index (χ0v) is 20.1. The molecule has 3 heterocycles. The highest BCUT2D eigenvalue weighted by atomic mass is 32.2. The predicted octanol–water partition coefficient (Wildman–Crippen LogP) is 3.61. The van der Waals surface area contributed by atoms with Crippen LogP contribution in [0.15, 0.2) is 83.2 Å². The van der Waals surface area contributed by atoms with Gasteiger partial charge >= 0.3 is 0 Å². The highest BCUT2D eigenvalue weighted by Crippen LogP contribution is 2.29. The Labute approximate surface area is 199 Å². The summed E-state index contributed by atoms with van der Waals surface area (Å²) in [6.45, 7) is 4.38. The van der Waals surface area contributed by atoms with Crippen LogP contribution in [0, 0.1) is 0 Å². The summed E-state index contributed by atoms with van der Waals surface area (Å²) in [7, 11) is -2.22. The lowest BCUT2D eigenvalue weighted by molar-refractivity contribution is -0.114. The summed E-state index contributed by atoms with van der Waals surface area (Å²) in [5.41, 5.74) is 3.07. The lowest BCUT2D eigenvalue weighted by Gasteiger charge is -2.23. The Morgan fingerprint density at radius 2 is 1.85 bits per heavy atom. The van der Waals surface area contributed by atoms with Crippen LogP contribution in [-0.4, -0.2) is 44.5 Å². The SMILES string of the molecule is CCN(c1ccccc1)S(=O)(=O)c1ccc(N2CC(C)=C(Cc3cncc(OC)c3)C2=O)nc1. The topological polar surface area (TPSA) is 92.7 Å². The van der Waals surface area contributed by atoms with Crippen molar-refractivity contribution >= 4 is 27.4 Å². The van der Waals surface area contributed by atoms with E-state index >= 15 is 0 Å². The van der Waals surface area contributed by atoms with Crippen molar-refractivity contribution in [2.75, 3.05) is 29.4 Å². The number of anilines is 2.